The van der Waals surface area contributed by atoms with E-state index in [0.717, 1.165) is 6.42 Å². The van der Waals surface area contributed by atoms with Crippen molar-refractivity contribution in [3.8, 4) is 0 Å². The van der Waals surface area contributed by atoms with Crippen molar-refractivity contribution in [2.24, 2.45) is 5.92 Å². The second-order valence-electron chi connectivity index (χ2n) is 5.74. The SMILES string of the molecule is CC(C)[C@@H](C)NC(=O)CCc1cccc2ccccc12. The zero-order valence-corrected chi connectivity index (χ0v) is 12.5. The van der Waals surface area contributed by atoms with Crippen LogP contribution in [-0.2, 0) is 11.2 Å². The number of hydrogen-bond acceptors (Lipinski definition) is 1. The molecule has 2 aromatic rings. The summed E-state index contributed by atoms with van der Waals surface area (Å²) in [5.74, 6) is 0.607. The summed E-state index contributed by atoms with van der Waals surface area (Å²) >= 11 is 0. The predicted molar refractivity (Wildman–Crippen MR) is 84.7 cm³/mol. The van der Waals surface area contributed by atoms with E-state index in [4.69, 9.17) is 0 Å². The first kappa shape index (κ1) is 14.6. The Morgan fingerprint density at radius 1 is 1.05 bits per heavy atom. The molecule has 1 N–H and O–H groups in total. The molecule has 0 spiro atoms. The molecule has 0 aromatic heterocycles. The number of rotatable bonds is 5. The number of benzene rings is 2. The topological polar surface area (TPSA) is 29.1 Å². The molecule has 0 bridgehead atoms. The lowest BCUT2D eigenvalue weighted by Gasteiger charge is -2.17. The van der Waals surface area contributed by atoms with Gasteiger partial charge in [-0.3, -0.25) is 4.79 Å². The Morgan fingerprint density at radius 3 is 2.50 bits per heavy atom. The molecule has 2 rings (SSSR count). The minimum absolute atomic E-state index is 0.138. The largest absolute Gasteiger partial charge is 0.353 e. The van der Waals surface area contributed by atoms with Crippen LogP contribution in [0.2, 0.25) is 0 Å². The van der Waals surface area contributed by atoms with Gasteiger partial charge in [-0.05, 0) is 35.6 Å². The van der Waals surface area contributed by atoms with Gasteiger partial charge >= 0.3 is 0 Å². The Bertz CT molecular complexity index is 583. The normalized spacial score (nSPS) is 12.6. The minimum Gasteiger partial charge on any atom is -0.353 e. The van der Waals surface area contributed by atoms with Crippen LogP contribution < -0.4 is 5.32 Å². The van der Waals surface area contributed by atoms with Crippen LogP contribution in [0.25, 0.3) is 10.8 Å². The quantitative estimate of drug-likeness (QED) is 0.875. The molecule has 0 aliphatic rings. The molecule has 0 saturated carbocycles. The molecule has 20 heavy (non-hydrogen) atoms. The van der Waals surface area contributed by atoms with Crippen LogP contribution in [0.1, 0.15) is 32.8 Å². The number of carbonyl (C=O) groups excluding carboxylic acids is 1. The summed E-state index contributed by atoms with van der Waals surface area (Å²) in [7, 11) is 0. The molecule has 2 nitrogen and oxygen atoms in total. The number of amides is 1. The van der Waals surface area contributed by atoms with Gasteiger partial charge in [0.05, 0.1) is 0 Å². The minimum atomic E-state index is 0.138. The summed E-state index contributed by atoms with van der Waals surface area (Å²) in [6, 6.07) is 14.8. The van der Waals surface area contributed by atoms with E-state index in [1.807, 2.05) is 12.1 Å². The van der Waals surface area contributed by atoms with Crippen molar-refractivity contribution in [1.29, 1.82) is 0 Å². The first-order chi connectivity index (χ1) is 9.58. The average Bonchev–Trinajstić information content (AvgIpc) is 2.44. The monoisotopic (exact) mass is 269 g/mol. The number of nitrogens with one attached hydrogen (secondary N) is 1. The summed E-state index contributed by atoms with van der Waals surface area (Å²) in [4.78, 5) is 12.0. The Morgan fingerprint density at radius 2 is 1.75 bits per heavy atom. The lowest BCUT2D eigenvalue weighted by Crippen LogP contribution is -2.36. The van der Waals surface area contributed by atoms with Gasteiger partial charge in [0, 0.05) is 12.5 Å². The predicted octanol–water partition coefficient (Wildman–Crippen LogP) is 3.93. The van der Waals surface area contributed by atoms with Crippen LogP contribution in [0.5, 0.6) is 0 Å². The van der Waals surface area contributed by atoms with E-state index in [0.29, 0.717) is 12.3 Å². The van der Waals surface area contributed by atoms with Gasteiger partial charge in [-0.1, -0.05) is 56.3 Å². The third-order valence-corrected chi connectivity index (χ3v) is 3.89. The smallest absolute Gasteiger partial charge is 0.220 e. The van der Waals surface area contributed by atoms with E-state index >= 15 is 0 Å². The fourth-order valence-electron chi connectivity index (χ4n) is 2.25. The standard InChI is InChI=1S/C18H23NO/c1-13(2)14(3)19-18(20)12-11-16-9-6-8-15-7-4-5-10-17(15)16/h4-10,13-14H,11-12H2,1-3H3,(H,19,20)/t14-/m1/s1. The highest BCUT2D eigenvalue weighted by Gasteiger charge is 2.11. The molecule has 0 unspecified atom stereocenters. The van der Waals surface area contributed by atoms with Gasteiger partial charge in [-0.25, -0.2) is 0 Å². The maximum absolute atomic E-state index is 12.0. The summed E-state index contributed by atoms with van der Waals surface area (Å²) in [5, 5.41) is 5.55. The van der Waals surface area contributed by atoms with Crippen molar-refractivity contribution >= 4 is 16.7 Å². The first-order valence-corrected chi connectivity index (χ1v) is 7.34. The lowest BCUT2D eigenvalue weighted by molar-refractivity contribution is -0.121. The van der Waals surface area contributed by atoms with Gasteiger partial charge < -0.3 is 5.32 Å². The van der Waals surface area contributed by atoms with Crippen molar-refractivity contribution in [2.75, 3.05) is 0 Å². The third kappa shape index (κ3) is 3.60. The van der Waals surface area contributed by atoms with Crippen LogP contribution >= 0.6 is 0 Å². The molecule has 0 heterocycles. The van der Waals surface area contributed by atoms with E-state index < -0.39 is 0 Å². The van der Waals surface area contributed by atoms with Crippen LogP contribution in [0, 0.1) is 5.92 Å². The van der Waals surface area contributed by atoms with Crippen molar-refractivity contribution < 1.29 is 4.79 Å². The molecular weight excluding hydrogens is 246 g/mol. The lowest BCUT2D eigenvalue weighted by atomic mass is 10.0. The summed E-state index contributed by atoms with van der Waals surface area (Å²) < 4.78 is 0. The Balaban J connectivity index is 2.01. The summed E-state index contributed by atoms with van der Waals surface area (Å²) in [6.45, 7) is 6.30. The Kier molecular flexibility index (Phi) is 4.78. The fraction of sp³-hybridized carbons (Fsp3) is 0.389. The van der Waals surface area contributed by atoms with Gasteiger partial charge in [0.25, 0.3) is 0 Å². The molecule has 0 fully saturated rings. The maximum atomic E-state index is 12.0. The molecule has 2 aromatic carbocycles. The number of fused-ring (bicyclic) bond motifs is 1. The summed E-state index contributed by atoms with van der Waals surface area (Å²) in [6.07, 6.45) is 1.34. The van der Waals surface area contributed by atoms with E-state index in [1.54, 1.807) is 0 Å². The van der Waals surface area contributed by atoms with Crippen LogP contribution in [0.4, 0.5) is 0 Å². The van der Waals surface area contributed by atoms with E-state index in [2.05, 4.69) is 56.4 Å². The van der Waals surface area contributed by atoms with E-state index in [-0.39, 0.29) is 11.9 Å². The number of hydrogen-bond donors (Lipinski definition) is 1. The van der Waals surface area contributed by atoms with E-state index in [9.17, 15) is 4.79 Å². The van der Waals surface area contributed by atoms with Gasteiger partial charge in [-0.2, -0.15) is 0 Å². The molecule has 1 atom stereocenters. The Labute approximate surface area is 121 Å². The van der Waals surface area contributed by atoms with E-state index in [1.165, 1.54) is 16.3 Å². The van der Waals surface area contributed by atoms with Crippen molar-refractivity contribution in [2.45, 2.75) is 39.7 Å². The molecule has 0 saturated heterocycles. The van der Waals surface area contributed by atoms with Gasteiger partial charge in [0.1, 0.15) is 0 Å². The van der Waals surface area contributed by atoms with Crippen LogP contribution in [0.3, 0.4) is 0 Å². The molecule has 106 valence electrons. The highest BCUT2D eigenvalue weighted by Crippen LogP contribution is 2.19. The van der Waals surface area contributed by atoms with Crippen LogP contribution in [0.15, 0.2) is 42.5 Å². The first-order valence-electron chi connectivity index (χ1n) is 7.34. The van der Waals surface area contributed by atoms with Gasteiger partial charge in [-0.15, -0.1) is 0 Å². The second kappa shape index (κ2) is 6.56. The molecule has 0 aliphatic heterocycles. The molecule has 1 amide bonds. The zero-order valence-electron chi connectivity index (χ0n) is 12.5. The molecule has 0 aliphatic carbocycles. The fourth-order valence-corrected chi connectivity index (χ4v) is 2.25. The summed E-state index contributed by atoms with van der Waals surface area (Å²) in [5.41, 5.74) is 1.25. The zero-order chi connectivity index (χ0) is 14.5. The van der Waals surface area contributed by atoms with Gasteiger partial charge in [0.2, 0.25) is 5.91 Å². The van der Waals surface area contributed by atoms with Gasteiger partial charge in [0.15, 0.2) is 0 Å². The molecular formula is C18H23NO. The highest BCUT2D eigenvalue weighted by atomic mass is 16.1. The van der Waals surface area contributed by atoms with Crippen molar-refractivity contribution in [3.05, 3.63) is 48.0 Å². The van der Waals surface area contributed by atoms with Crippen LogP contribution in [-0.4, -0.2) is 11.9 Å². The van der Waals surface area contributed by atoms with Crippen molar-refractivity contribution in [1.82, 2.24) is 5.32 Å². The van der Waals surface area contributed by atoms with Crippen molar-refractivity contribution in [3.63, 3.8) is 0 Å². The second-order valence-corrected chi connectivity index (χ2v) is 5.74. The maximum Gasteiger partial charge on any atom is 0.220 e. The average molecular weight is 269 g/mol. The molecule has 0 radical (unpaired) electrons. The Hall–Kier alpha value is -1.83. The highest BCUT2D eigenvalue weighted by molar-refractivity contribution is 5.86. The third-order valence-electron chi connectivity index (χ3n) is 3.89. The number of carbonyl (C=O) groups is 1. The number of aryl methyl sites for hydroxylation is 1. The molecule has 2 heteroatoms.